The van der Waals surface area contributed by atoms with E-state index >= 15 is 0 Å². The van der Waals surface area contributed by atoms with Crippen LogP contribution in [0.2, 0.25) is 0 Å². The predicted octanol–water partition coefficient (Wildman–Crippen LogP) is 2.48. The van der Waals surface area contributed by atoms with Gasteiger partial charge in [0.15, 0.2) is 11.5 Å². The fourth-order valence-corrected chi connectivity index (χ4v) is 6.94. The van der Waals surface area contributed by atoms with Crippen LogP contribution < -0.4 is 15.2 Å². The minimum atomic E-state index is -0.397. The lowest BCUT2D eigenvalue weighted by atomic mass is 9.71. The number of likely N-dealkylation sites (N-methyl/N-ethyl adjacent to an activating group) is 1. The quantitative estimate of drug-likeness (QED) is 0.592. The number of fused-ring (bicyclic) bond motifs is 9. The number of piperazine rings is 1. The van der Waals surface area contributed by atoms with E-state index in [0.29, 0.717) is 35.7 Å². The summed E-state index contributed by atoms with van der Waals surface area (Å²) in [5, 5.41) is 32.9. The standard InChI is InChI=1S/C26H30N4O4/c1-11-5-14-6-16-18(8-27)30-17(22(29(16)4)20(14)24(32)12(11)2)7-15-21(19(30)9-28)26-25(33-10-34-26)13(3)23(15)31/h5,16-19,22,31-32H,6-7,9-10,28H2,1-4H3/t16-,17?,18-,19-,22?/m0/s1. The molecule has 8 nitrogen and oxygen atoms in total. The average molecular weight is 463 g/mol. The van der Waals surface area contributed by atoms with Crippen molar-refractivity contribution in [1.82, 2.24) is 9.80 Å². The molecule has 4 heterocycles. The van der Waals surface area contributed by atoms with Gasteiger partial charge in [-0.2, -0.15) is 5.26 Å². The Labute approximate surface area is 199 Å². The van der Waals surface area contributed by atoms with Gasteiger partial charge in [0, 0.05) is 40.9 Å². The molecule has 0 spiro atoms. The van der Waals surface area contributed by atoms with Gasteiger partial charge in [0.1, 0.15) is 17.5 Å². The highest BCUT2D eigenvalue weighted by atomic mass is 16.7. The molecule has 2 aromatic carbocycles. The van der Waals surface area contributed by atoms with Crippen molar-refractivity contribution in [3.8, 4) is 29.1 Å². The van der Waals surface area contributed by atoms with Crippen molar-refractivity contribution in [2.24, 2.45) is 5.73 Å². The molecule has 6 rings (SSSR count). The number of nitrogens with two attached hydrogens (primary N) is 1. The zero-order valence-corrected chi connectivity index (χ0v) is 19.9. The zero-order valence-electron chi connectivity index (χ0n) is 19.9. The number of phenols is 2. The molecule has 0 aromatic heterocycles. The number of aryl methyl sites for hydroxylation is 1. The SMILES string of the molecule is Cc1cc2c(c(O)c1C)C1C3Cc4c(O)c(C)c5c(c4[C@H](CN)N3[C@@H](C#N)[C@H](C2)N1C)OCO5. The third-order valence-electron chi connectivity index (χ3n) is 8.68. The Hall–Kier alpha value is -2.99. The molecule has 1 fully saturated rings. The molecule has 0 radical (unpaired) electrons. The first-order chi connectivity index (χ1) is 16.3. The van der Waals surface area contributed by atoms with Gasteiger partial charge in [-0.15, -0.1) is 0 Å². The summed E-state index contributed by atoms with van der Waals surface area (Å²) in [5.41, 5.74) is 12.7. The zero-order chi connectivity index (χ0) is 24.0. The minimum Gasteiger partial charge on any atom is -0.507 e. The van der Waals surface area contributed by atoms with Gasteiger partial charge in [-0.3, -0.25) is 9.80 Å². The third kappa shape index (κ3) is 2.52. The maximum Gasteiger partial charge on any atom is 0.231 e. The number of rotatable bonds is 1. The van der Waals surface area contributed by atoms with Crippen molar-refractivity contribution < 1.29 is 19.7 Å². The molecule has 0 saturated carbocycles. The van der Waals surface area contributed by atoms with Crippen LogP contribution in [0.5, 0.6) is 23.0 Å². The summed E-state index contributed by atoms with van der Waals surface area (Å²) in [6.45, 7) is 6.17. The van der Waals surface area contributed by atoms with Crippen LogP contribution in [0.3, 0.4) is 0 Å². The highest BCUT2D eigenvalue weighted by Crippen LogP contribution is 2.57. The maximum absolute atomic E-state index is 11.3. The van der Waals surface area contributed by atoms with E-state index in [0.717, 1.165) is 33.4 Å². The van der Waals surface area contributed by atoms with Gasteiger partial charge in [-0.1, -0.05) is 6.07 Å². The number of aromatic hydroxyl groups is 2. The first-order valence-corrected chi connectivity index (χ1v) is 11.8. The molecule has 5 atom stereocenters. The van der Waals surface area contributed by atoms with Crippen LogP contribution >= 0.6 is 0 Å². The highest BCUT2D eigenvalue weighted by Gasteiger charge is 2.56. The van der Waals surface area contributed by atoms with Gasteiger partial charge < -0.3 is 25.4 Å². The number of ether oxygens (including phenoxy) is 2. The van der Waals surface area contributed by atoms with Crippen molar-refractivity contribution in [3.63, 3.8) is 0 Å². The Balaban J connectivity index is 1.61. The van der Waals surface area contributed by atoms with E-state index < -0.39 is 6.04 Å². The average Bonchev–Trinajstić information content (AvgIpc) is 3.31. The van der Waals surface area contributed by atoms with Crippen LogP contribution in [0.15, 0.2) is 6.07 Å². The highest BCUT2D eigenvalue weighted by molar-refractivity contribution is 5.66. The number of nitrogens with zero attached hydrogens (tertiary/aromatic N) is 3. The van der Waals surface area contributed by atoms with Crippen LogP contribution in [-0.4, -0.2) is 58.5 Å². The third-order valence-corrected chi connectivity index (χ3v) is 8.68. The molecule has 4 aliphatic rings. The van der Waals surface area contributed by atoms with E-state index in [1.807, 2.05) is 27.8 Å². The summed E-state index contributed by atoms with van der Waals surface area (Å²) < 4.78 is 11.6. The van der Waals surface area contributed by atoms with Crippen LogP contribution in [0.25, 0.3) is 0 Å². The van der Waals surface area contributed by atoms with Crippen molar-refractivity contribution in [3.05, 3.63) is 45.0 Å². The molecule has 2 unspecified atom stereocenters. The second-order valence-electron chi connectivity index (χ2n) is 10.1. The van der Waals surface area contributed by atoms with E-state index in [2.05, 4.69) is 21.9 Å². The topological polar surface area (TPSA) is 115 Å². The molecular weight excluding hydrogens is 432 g/mol. The Bertz CT molecular complexity index is 1270. The van der Waals surface area contributed by atoms with Crippen LogP contribution in [0.1, 0.15) is 51.0 Å². The van der Waals surface area contributed by atoms with Crippen LogP contribution in [0.4, 0.5) is 0 Å². The van der Waals surface area contributed by atoms with Crippen LogP contribution in [-0.2, 0) is 12.8 Å². The summed E-state index contributed by atoms with van der Waals surface area (Å²) in [5.74, 6) is 1.73. The lowest BCUT2D eigenvalue weighted by Gasteiger charge is -2.60. The van der Waals surface area contributed by atoms with Gasteiger partial charge in [0.2, 0.25) is 6.79 Å². The van der Waals surface area contributed by atoms with Crippen molar-refractivity contribution in [2.45, 2.75) is 63.8 Å². The number of hydrogen-bond acceptors (Lipinski definition) is 8. The van der Waals surface area contributed by atoms with Gasteiger partial charge in [-0.25, -0.2) is 0 Å². The van der Waals surface area contributed by atoms with Gasteiger partial charge in [-0.05, 0) is 57.4 Å². The van der Waals surface area contributed by atoms with E-state index in [4.69, 9.17) is 15.2 Å². The first-order valence-electron chi connectivity index (χ1n) is 11.8. The van der Waals surface area contributed by atoms with Gasteiger partial charge in [0.05, 0.1) is 18.2 Å². The summed E-state index contributed by atoms with van der Waals surface area (Å²) >= 11 is 0. The molecule has 0 amide bonds. The number of hydrogen-bond donors (Lipinski definition) is 3. The van der Waals surface area contributed by atoms with E-state index in [9.17, 15) is 15.5 Å². The van der Waals surface area contributed by atoms with Crippen molar-refractivity contribution in [2.75, 3.05) is 20.4 Å². The molecule has 4 aliphatic heterocycles. The summed E-state index contributed by atoms with van der Waals surface area (Å²) in [4.78, 5) is 4.48. The smallest absolute Gasteiger partial charge is 0.231 e. The van der Waals surface area contributed by atoms with Gasteiger partial charge in [0.25, 0.3) is 0 Å². The largest absolute Gasteiger partial charge is 0.507 e. The molecular formula is C26H30N4O4. The summed E-state index contributed by atoms with van der Waals surface area (Å²) in [6, 6.07) is 3.71. The molecule has 8 heteroatoms. The first kappa shape index (κ1) is 21.5. The Morgan fingerprint density at radius 1 is 1.06 bits per heavy atom. The summed E-state index contributed by atoms with van der Waals surface area (Å²) in [7, 11) is 2.05. The number of benzene rings is 2. The molecule has 2 aromatic rings. The summed E-state index contributed by atoms with van der Waals surface area (Å²) in [6.07, 6.45) is 1.19. The van der Waals surface area contributed by atoms with E-state index in [1.165, 1.54) is 0 Å². The van der Waals surface area contributed by atoms with Crippen molar-refractivity contribution in [1.29, 1.82) is 5.26 Å². The van der Waals surface area contributed by atoms with Crippen LogP contribution in [0, 0.1) is 32.1 Å². The Morgan fingerprint density at radius 2 is 1.79 bits per heavy atom. The second-order valence-corrected chi connectivity index (χ2v) is 10.1. The normalized spacial score (nSPS) is 29.2. The fraction of sp³-hybridized carbons (Fsp3) is 0.500. The predicted molar refractivity (Wildman–Crippen MR) is 125 cm³/mol. The fourth-order valence-electron chi connectivity index (χ4n) is 6.94. The molecule has 178 valence electrons. The van der Waals surface area contributed by atoms with E-state index in [1.54, 1.807) is 0 Å². The van der Waals surface area contributed by atoms with E-state index in [-0.39, 0.29) is 43.3 Å². The molecule has 34 heavy (non-hydrogen) atoms. The number of nitriles is 1. The van der Waals surface area contributed by atoms with Crippen molar-refractivity contribution >= 4 is 0 Å². The lowest BCUT2D eigenvalue weighted by Crippen LogP contribution is -2.68. The second kappa shape index (κ2) is 7.25. The number of phenolic OH excluding ortho intramolecular Hbond substituents is 2. The maximum atomic E-state index is 11.3. The Kier molecular flexibility index (Phi) is 4.59. The minimum absolute atomic E-state index is 0.0416. The molecule has 0 aliphatic carbocycles. The lowest BCUT2D eigenvalue weighted by molar-refractivity contribution is -0.0709. The molecule has 4 N–H and O–H groups in total. The Morgan fingerprint density at radius 3 is 2.50 bits per heavy atom. The molecule has 2 bridgehead atoms. The molecule has 1 saturated heterocycles. The monoisotopic (exact) mass is 462 g/mol. The van der Waals surface area contributed by atoms with Gasteiger partial charge >= 0.3 is 0 Å².